The topological polar surface area (TPSA) is 50.1 Å². The second kappa shape index (κ2) is 5.57. The minimum atomic E-state index is -0.315. The lowest BCUT2D eigenvalue weighted by atomic mass is 10.0. The Labute approximate surface area is 100 Å². The fraction of sp³-hybridized carbons (Fsp3) is 0.333. The maximum atomic E-state index is 11.3. The molecule has 3 nitrogen and oxygen atoms in total. The number of hydrogen-bond acceptors (Lipinski definition) is 4. The van der Waals surface area contributed by atoms with Crippen LogP contribution >= 0.6 is 12.6 Å². The fourth-order valence-corrected chi connectivity index (χ4v) is 1.61. The Morgan fingerprint density at radius 3 is 2.81 bits per heavy atom. The number of esters is 1. The van der Waals surface area contributed by atoms with Crippen molar-refractivity contribution in [3.63, 3.8) is 0 Å². The van der Waals surface area contributed by atoms with Crippen LogP contribution in [0.2, 0.25) is 0 Å². The van der Waals surface area contributed by atoms with Crippen molar-refractivity contribution in [2.24, 2.45) is 0 Å². The summed E-state index contributed by atoms with van der Waals surface area (Å²) in [4.78, 5) is 12.1. The highest BCUT2D eigenvalue weighted by molar-refractivity contribution is 7.80. The molecule has 0 saturated carbocycles. The standard InChI is InChI=1S/C12H13NO2S/c1-3-15-12(14)6-9-4-5-11(16)8(2)10(9)7-13/h4-5,16H,3,6H2,1-2H3. The van der Waals surface area contributed by atoms with Crippen LogP contribution in [0.15, 0.2) is 17.0 Å². The summed E-state index contributed by atoms with van der Waals surface area (Å²) >= 11 is 4.23. The van der Waals surface area contributed by atoms with E-state index in [9.17, 15) is 4.79 Å². The quantitative estimate of drug-likeness (QED) is 0.646. The number of thiol groups is 1. The number of benzene rings is 1. The van der Waals surface area contributed by atoms with E-state index in [1.807, 2.05) is 6.92 Å². The SMILES string of the molecule is CCOC(=O)Cc1ccc(S)c(C)c1C#N. The van der Waals surface area contributed by atoms with Gasteiger partial charge in [-0.1, -0.05) is 6.07 Å². The zero-order chi connectivity index (χ0) is 12.1. The van der Waals surface area contributed by atoms with Gasteiger partial charge in [0.1, 0.15) is 0 Å². The van der Waals surface area contributed by atoms with E-state index in [4.69, 9.17) is 10.00 Å². The third-order valence-electron chi connectivity index (χ3n) is 2.27. The molecule has 1 aromatic rings. The Hall–Kier alpha value is -1.47. The molecule has 4 heteroatoms. The second-order valence-electron chi connectivity index (χ2n) is 3.34. The van der Waals surface area contributed by atoms with Gasteiger partial charge in [-0.25, -0.2) is 0 Å². The van der Waals surface area contributed by atoms with Gasteiger partial charge in [0.15, 0.2) is 0 Å². The molecule has 0 spiro atoms. The molecule has 0 aliphatic carbocycles. The number of nitriles is 1. The van der Waals surface area contributed by atoms with Gasteiger partial charge in [-0.2, -0.15) is 5.26 Å². The smallest absolute Gasteiger partial charge is 0.310 e. The molecule has 0 heterocycles. The van der Waals surface area contributed by atoms with Gasteiger partial charge in [0.05, 0.1) is 24.7 Å². The van der Waals surface area contributed by atoms with Gasteiger partial charge in [-0.05, 0) is 31.0 Å². The molecule has 0 aromatic heterocycles. The van der Waals surface area contributed by atoms with Gasteiger partial charge in [0, 0.05) is 4.90 Å². The maximum absolute atomic E-state index is 11.3. The molecule has 0 saturated heterocycles. The van der Waals surface area contributed by atoms with Crippen molar-refractivity contribution in [3.8, 4) is 6.07 Å². The predicted octanol–water partition coefficient (Wildman–Crippen LogP) is 2.26. The number of hydrogen-bond donors (Lipinski definition) is 1. The van der Waals surface area contributed by atoms with E-state index in [1.165, 1.54) is 0 Å². The minimum absolute atomic E-state index is 0.131. The van der Waals surface area contributed by atoms with Crippen molar-refractivity contribution in [2.45, 2.75) is 25.2 Å². The van der Waals surface area contributed by atoms with Gasteiger partial charge in [0.25, 0.3) is 0 Å². The Morgan fingerprint density at radius 1 is 1.56 bits per heavy atom. The molecule has 0 atom stereocenters. The summed E-state index contributed by atoms with van der Waals surface area (Å²) in [6, 6.07) is 5.62. The summed E-state index contributed by atoms with van der Waals surface area (Å²) in [5.41, 5.74) is 2.00. The second-order valence-corrected chi connectivity index (χ2v) is 3.82. The molecule has 84 valence electrons. The van der Waals surface area contributed by atoms with Gasteiger partial charge >= 0.3 is 5.97 Å². The van der Waals surface area contributed by atoms with E-state index >= 15 is 0 Å². The summed E-state index contributed by atoms with van der Waals surface area (Å²) < 4.78 is 4.85. The van der Waals surface area contributed by atoms with Gasteiger partial charge in [0.2, 0.25) is 0 Å². The first-order valence-corrected chi connectivity index (χ1v) is 5.42. The molecule has 0 aliphatic heterocycles. The highest BCUT2D eigenvalue weighted by Gasteiger charge is 2.12. The zero-order valence-corrected chi connectivity index (χ0v) is 10.2. The molecule has 0 unspecified atom stereocenters. The number of ether oxygens (including phenoxy) is 1. The third-order valence-corrected chi connectivity index (χ3v) is 2.76. The molecule has 1 rings (SSSR count). The van der Waals surface area contributed by atoms with E-state index in [1.54, 1.807) is 19.1 Å². The largest absolute Gasteiger partial charge is 0.466 e. The molecule has 0 aliphatic rings. The van der Waals surface area contributed by atoms with Gasteiger partial charge in [-0.3, -0.25) is 4.79 Å². The molecule has 0 amide bonds. The van der Waals surface area contributed by atoms with E-state index in [0.29, 0.717) is 17.7 Å². The van der Waals surface area contributed by atoms with Crippen molar-refractivity contribution in [1.82, 2.24) is 0 Å². The van der Waals surface area contributed by atoms with Crippen molar-refractivity contribution >= 4 is 18.6 Å². The summed E-state index contributed by atoms with van der Waals surface area (Å²) in [5, 5.41) is 9.03. The Morgan fingerprint density at radius 2 is 2.25 bits per heavy atom. The van der Waals surface area contributed by atoms with E-state index in [0.717, 1.165) is 10.5 Å². The monoisotopic (exact) mass is 235 g/mol. The summed E-state index contributed by atoms with van der Waals surface area (Å²) in [7, 11) is 0. The van der Waals surface area contributed by atoms with Crippen LogP contribution in [-0.2, 0) is 16.0 Å². The van der Waals surface area contributed by atoms with Crippen LogP contribution in [0.1, 0.15) is 23.6 Å². The molecule has 0 fully saturated rings. The Bertz CT molecular complexity index is 449. The highest BCUT2D eigenvalue weighted by Crippen LogP contribution is 2.21. The van der Waals surface area contributed by atoms with Crippen molar-refractivity contribution in [1.29, 1.82) is 5.26 Å². The van der Waals surface area contributed by atoms with E-state index < -0.39 is 0 Å². The molecule has 0 bridgehead atoms. The lowest BCUT2D eigenvalue weighted by molar-refractivity contribution is -0.142. The zero-order valence-electron chi connectivity index (χ0n) is 9.28. The summed E-state index contributed by atoms with van der Waals surface area (Å²) in [5.74, 6) is -0.315. The van der Waals surface area contributed by atoms with Crippen molar-refractivity contribution in [2.75, 3.05) is 6.61 Å². The molecule has 1 aromatic carbocycles. The van der Waals surface area contributed by atoms with E-state index in [-0.39, 0.29) is 12.4 Å². The molecule has 16 heavy (non-hydrogen) atoms. The lowest BCUT2D eigenvalue weighted by Crippen LogP contribution is -2.09. The van der Waals surface area contributed by atoms with Crippen LogP contribution < -0.4 is 0 Å². The first kappa shape index (κ1) is 12.6. The summed E-state index contributed by atoms with van der Waals surface area (Å²) in [6.07, 6.45) is 0.131. The van der Waals surface area contributed by atoms with Gasteiger partial charge < -0.3 is 4.74 Å². The average Bonchev–Trinajstić information content (AvgIpc) is 2.24. The van der Waals surface area contributed by atoms with Crippen LogP contribution in [0.5, 0.6) is 0 Å². The number of carbonyl (C=O) groups excluding carboxylic acids is 1. The van der Waals surface area contributed by atoms with Crippen LogP contribution in [0.4, 0.5) is 0 Å². The van der Waals surface area contributed by atoms with Crippen molar-refractivity contribution in [3.05, 3.63) is 28.8 Å². The molecular weight excluding hydrogens is 222 g/mol. The maximum Gasteiger partial charge on any atom is 0.310 e. The van der Waals surface area contributed by atoms with Crippen LogP contribution in [0, 0.1) is 18.3 Å². The number of nitrogens with zero attached hydrogens (tertiary/aromatic N) is 1. The predicted molar refractivity (Wildman–Crippen MR) is 63.5 cm³/mol. The normalized spacial score (nSPS) is 9.62. The molecule has 0 N–H and O–H groups in total. The highest BCUT2D eigenvalue weighted by atomic mass is 32.1. The van der Waals surface area contributed by atoms with Gasteiger partial charge in [-0.15, -0.1) is 12.6 Å². The van der Waals surface area contributed by atoms with E-state index in [2.05, 4.69) is 18.7 Å². The fourth-order valence-electron chi connectivity index (χ4n) is 1.43. The first-order valence-electron chi connectivity index (χ1n) is 4.97. The first-order chi connectivity index (χ1) is 7.60. The third kappa shape index (κ3) is 2.77. The Balaban J connectivity index is 3.02. The minimum Gasteiger partial charge on any atom is -0.466 e. The average molecular weight is 235 g/mol. The summed E-state index contributed by atoms with van der Waals surface area (Å²) in [6.45, 7) is 3.92. The number of rotatable bonds is 3. The van der Waals surface area contributed by atoms with Crippen LogP contribution in [-0.4, -0.2) is 12.6 Å². The van der Waals surface area contributed by atoms with Crippen molar-refractivity contribution < 1.29 is 9.53 Å². The lowest BCUT2D eigenvalue weighted by Gasteiger charge is -2.08. The van der Waals surface area contributed by atoms with Crippen LogP contribution in [0.3, 0.4) is 0 Å². The molecule has 0 radical (unpaired) electrons. The molecular formula is C12H13NO2S. The number of carbonyl (C=O) groups is 1. The van der Waals surface area contributed by atoms with Crippen LogP contribution in [0.25, 0.3) is 0 Å². The Kier molecular flexibility index (Phi) is 4.39.